The number of nitrogens with zero attached hydrogens (tertiary/aromatic N) is 2. The van der Waals surface area contributed by atoms with E-state index in [-0.39, 0.29) is 12.6 Å². The van der Waals surface area contributed by atoms with E-state index in [0.717, 1.165) is 40.4 Å². The summed E-state index contributed by atoms with van der Waals surface area (Å²) in [6, 6.07) is 6.02. The summed E-state index contributed by atoms with van der Waals surface area (Å²) in [6.45, 7) is 1.19. The Morgan fingerprint density at radius 2 is 2.41 bits per heavy atom. The Labute approximate surface area is 104 Å². The van der Waals surface area contributed by atoms with E-state index in [1.807, 2.05) is 18.2 Å². The van der Waals surface area contributed by atoms with Gasteiger partial charge in [-0.15, -0.1) is 0 Å². The number of anilines is 2. The molecule has 1 aliphatic heterocycles. The fraction of sp³-hybridized carbons (Fsp3) is 0.417. The Morgan fingerprint density at radius 3 is 3.24 bits per heavy atom. The van der Waals surface area contributed by atoms with Crippen LogP contribution in [-0.4, -0.2) is 29.3 Å². The summed E-state index contributed by atoms with van der Waals surface area (Å²) >= 11 is 1.65. The van der Waals surface area contributed by atoms with E-state index < -0.39 is 0 Å². The maximum Gasteiger partial charge on any atom is 0.186 e. The lowest BCUT2D eigenvalue weighted by atomic mass is 10.2. The molecule has 17 heavy (non-hydrogen) atoms. The van der Waals surface area contributed by atoms with Crippen LogP contribution < -0.4 is 10.6 Å². The quantitative estimate of drug-likeness (QED) is 0.797. The molecule has 1 atom stereocenters. The lowest BCUT2D eigenvalue weighted by molar-refractivity contribution is 0.266. The third-order valence-corrected chi connectivity index (χ3v) is 4.29. The number of rotatable bonds is 2. The van der Waals surface area contributed by atoms with E-state index in [1.54, 1.807) is 11.3 Å². The van der Waals surface area contributed by atoms with Crippen molar-refractivity contribution in [3.63, 3.8) is 0 Å². The number of aliphatic hydroxyl groups is 1. The predicted octanol–water partition coefficient (Wildman–Crippen LogP) is 1.84. The SMILES string of the molecule is Nc1ccc2nc(N3CCCC3CO)sc2c1. The molecule has 1 aliphatic rings. The Bertz CT molecular complexity index is 540. The minimum atomic E-state index is 0.206. The summed E-state index contributed by atoms with van der Waals surface area (Å²) in [7, 11) is 0. The molecular formula is C12H15N3OS. The van der Waals surface area contributed by atoms with Gasteiger partial charge in [0.05, 0.1) is 22.9 Å². The Hall–Kier alpha value is -1.33. The van der Waals surface area contributed by atoms with Crippen LogP contribution in [0.25, 0.3) is 10.2 Å². The smallest absolute Gasteiger partial charge is 0.186 e. The lowest BCUT2D eigenvalue weighted by Gasteiger charge is -2.21. The number of aliphatic hydroxyl groups excluding tert-OH is 1. The molecule has 1 aromatic heterocycles. The first kappa shape index (κ1) is 10.8. The number of benzene rings is 1. The maximum atomic E-state index is 9.33. The number of nitrogen functional groups attached to an aromatic ring is 1. The lowest BCUT2D eigenvalue weighted by Crippen LogP contribution is -2.31. The molecule has 0 saturated carbocycles. The molecule has 1 aromatic carbocycles. The summed E-state index contributed by atoms with van der Waals surface area (Å²) in [5.74, 6) is 0. The molecule has 0 aliphatic carbocycles. The van der Waals surface area contributed by atoms with E-state index in [1.165, 1.54) is 0 Å². The average Bonchev–Trinajstić information content (AvgIpc) is 2.93. The topological polar surface area (TPSA) is 62.4 Å². The second-order valence-corrected chi connectivity index (χ2v) is 5.40. The first-order valence-corrected chi connectivity index (χ1v) is 6.63. The minimum Gasteiger partial charge on any atom is -0.399 e. The van der Waals surface area contributed by atoms with Crippen molar-refractivity contribution in [1.82, 2.24) is 4.98 Å². The van der Waals surface area contributed by atoms with Crippen molar-refractivity contribution in [2.45, 2.75) is 18.9 Å². The van der Waals surface area contributed by atoms with Crippen LogP contribution in [-0.2, 0) is 0 Å². The van der Waals surface area contributed by atoms with Crippen LogP contribution in [0.2, 0.25) is 0 Å². The van der Waals surface area contributed by atoms with Crippen molar-refractivity contribution in [2.24, 2.45) is 0 Å². The summed E-state index contributed by atoms with van der Waals surface area (Å²) in [6.07, 6.45) is 2.18. The van der Waals surface area contributed by atoms with Gasteiger partial charge in [0, 0.05) is 12.2 Å². The van der Waals surface area contributed by atoms with Crippen LogP contribution in [0, 0.1) is 0 Å². The molecule has 1 fully saturated rings. The van der Waals surface area contributed by atoms with Crippen molar-refractivity contribution in [2.75, 3.05) is 23.8 Å². The highest BCUT2D eigenvalue weighted by molar-refractivity contribution is 7.22. The molecule has 3 rings (SSSR count). The van der Waals surface area contributed by atoms with Gasteiger partial charge in [-0.05, 0) is 31.0 Å². The molecule has 3 N–H and O–H groups in total. The molecule has 0 radical (unpaired) electrons. The minimum absolute atomic E-state index is 0.206. The second kappa shape index (κ2) is 4.16. The number of aromatic nitrogens is 1. The zero-order valence-corrected chi connectivity index (χ0v) is 10.3. The maximum absolute atomic E-state index is 9.33. The van der Waals surface area contributed by atoms with Gasteiger partial charge in [-0.3, -0.25) is 0 Å². The van der Waals surface area contributed by atoms with Crippen molar-refractivity contribution in [3.8, 4) is 0 Å². The van der Waals surface area contributed by atoms with E-state index in [4.69, 9.17) is 5.73 Å². The number of fused-ring (bicyclic) bond motifs is 1. The fourth-order valence-corrected chi connectivity index (χ4v) is 3.44. The normalized spacial score (nSPS) is 20.3. The van der Waals surface area contributed by atoms with Crippen LogP contribution >= 0.6 is 11.3 Å². The van der Waals surface area contributed by atoms with Crippen LogP contribution in [0.1, 0.15) is 12.8 Å². The summed E-state index contributed by atoms with van der Waals surface area (Å²) in [4.78, 5) is 6.82. The summed E-state index contributed by atoms with van der Waals surface area (Å²) < 4.78 is 1.11. The third-order valence-electron chi connectivity index (χ3n) is 3.23. The Morgan fingerprint density at radius 1 is 1.53 bits per heavy atom. The van der Waals surface area contributed by atoms with Gasteiger partial charge in [-0.2, -0.15) is 0 Å². The van der Waals surface area contributed by atoms with Crippen molar-refractivity contribution in [3.05, 3.63) is 18.2 Å². The third kappa shape index (κ3) is 1.85. The highest BCUT2D eigenvalue weighted by Gasteiger charge is 2.26. The van der Waals surface area contributed by atoms with Gasteiger partial charge < -0.3 is 15.7 Å². The number of hydrogen-bond acceptors (Lipinski definition) is 5. The fourth-order valence-electron chi connectivity index (χ4n) is 2.33. The molecular weight excluding hydrogens is 234 g/mol. The molecule has 0 amide bonds. The van der Waals surface area contributed by atoms with Crippen LogP contribution in [0.15, 0.2) is 18.2 Å². The summed E-state index contributed by atoms with van der Waals surface area (Å²) in [5, 5.41) is 10.3. The van der Waals surface area contributed by atoms with E-state index in [9.17, 15) is 5.11 Å². The largest absolute Gasteiger partial charge is 0.399 e. The van der Waals surface area contributed by atoms with Gasteiger partial charge in [0.15, 0.2) is 5.13 Å². The van der Waals surface area contributed by atoms with Crippen molar-refractivity contribution in [1.29, 1.82) is 0 Å². The van der Waals surface area contributed by atoms with Crippen molar-refractivity contribution < 1.29 is 5.11 Å². The Kier molecular flexibility index (Phi) is 2.64. The van der Waals surface area contributed by atoms with Crippen LogP contribution in [0.3, 0.4) is 0 Å². The van der Waals surface area contributed by atoms with Gasteiger partial charge in [0.25, 0.3) is 0 Å². The molecule has 4 nitrogen and oxygen atoms in total. The number of hydrogen-bond donors (Lipinski definition) is 2. The highest BCUT2D eigenvalue weighted by atomic mass is 32.1. The highest BCUT2D eigenvalue weighted by Crippen LogP contribution is 2.33. The van der Waals surface area contributed by atoms with Gasteiger partial charge in [-0.1, -0.05) is 11.3 Å². The molecule has 1 saturated heterocycles. The molecule has 90 valence electrons. The van der Waals surface area contributed by atoms with Crippen molar-refractivity contribution >= 4 is 32.4 Å². The molecule has 0 bridgehead atoms. The van der Waals surface area contributed by atoms with Crippen LogP contribution in [0.5, 0.6) is 0 Å². The first-order valence-electron chi connectivity index (χ1n) is 5.81. The molecule has 1 unspecified atom stereocenters. The van der Waals surface area contributed by atoms with E-state index in [2.05, 4.69) is 9.88 Å². The van der Waals surface area contributed by atoms with Gasteiger partial charge in [-0.25, -0.2) is 4.98 Å². The first-order chi connectivity index (χ1) is 8.28. The molecule has 5 heteroatoms. The second-order valence-electron chi connectivity index (χ2n) is 4.40. The van der Waals surface area contributed by atoms with Crippen LogP contribution in [0.4, 0.5) is 10.8 Å². The number of nitrogens with two attached hydrogens (primary N) is 1. The zero-order chi connectivity index (χ0) is 11.8. The summed E-state index contributed by atoms with van der Waals surface area (Å²) in [5.41, 5.74) is 7.53. The predicted molar refractivity (Wildman–Crippen MR) is 71.5 cm³/mol. The standard InChI is InChI=1S/C12H15N3OS/c13-8-3-4-10-11(6-8)17-12(14-10)15-5-1-2-9(15)7-16/h3-4,6,9,16H,1-2,5,7,13H2. The molecule has 2 heterocycles. The zero-order valence-electron chi connectivity index (χ0n) is 9.47. The molecule has 0 spiro atoms. The van der Waals surface area contributed by atoms with Gasteiger partial charge >= 0.3 is 0 Å². The number of thiazole rings is 1. The average molecular weight is 249 g/mol. The monoisotopic (exact) mass is 249 g/mol. The van der Waals surface area contributed by atoms with Gasteiger partial charge in [0.1, 0.15) is 0 Å². The van der Waals surface area contributed by atoms with Gasteiger partial charge in [0.2, 0.25) is 0 Å². The van der Waals surface area contributed by atoms with E-state index in [0.29, 0.717) is 0 Å². The van der Waals surface area contributed by atoms with E-state index >= 15 is 0 Å². The Balaban J connectivity index is 2.00. The molecule has 2 aromatic rings.